The van der Waals surface area contributed by atoms with Gasteiger partial charge in [0.05, 0.1) is 19.4 Å². The molecule has 1 N–H and O–H groups in total. The van der Waals surface area contributed by atoms with Crippen molar-refractivity contribution in [3.63, 3.8) is 0 Å². The SMILES string of the molecule is CCOc1ccc(/C=C(/C(=O)Nc2nc(-c3ccc(OC)c(C)c3)c(C)s2)c2ccccc2)cc1. The molecule has 0 radical (unpaired) electrons. The number of hydrogen-bond acceptors (Lipinski definition) is 5. The molecule has 4 aromatic rings. The molecule has 178 valence electrons. The number of hydrogen-bond donors (Lipinski definition) is 1. The molecule has 0 bridgehead atoms. The third-order valence-corrected chi connectivity index (χ3v) is 6.40. The van der Waals surface area contributed by atoms with Crippen molar-refractivity contribution in [3.05, 3.63) is 94.4 Å². The predicted octanol–water partition coefficient (Wildman–Crippen LogP) is 7.01. The van der Waals surface area contributed by atoms with Crippen molar-refractivity contribution in [3.8, 4) is 22.8 Å². The van der Waals surface area contributed by atoms with Crippen LogP contribution < -0.4 is 14.8 Å². The van der Waals surface area contributed by atoms with Crippen molar-refractivity contribution >= 4 is 34.0 Å². The molecule has 0 aliphatic carbocycles. The number of thiazole rings is 1. The second kappa shape index (κ2) is 11.0. The van der Waals surface area contributed by atoms with Crippen LogP contribution in [0.1, 0.15) is 28.5 Å². The molecule has 0 saturated carbocycles. The molecular formula is C29H28N2O3S. The number of benzene rings is 3. The molecule has 0 saturated heterocycles. The van der Waals surface area contributed by atoms with Crippen LogP contribution in [0.5, 0.6) is 11.5 Å². The van der Waals surface area contributed by atoms with Crippen LogP contribution in [0, 0.1) is 13.8 Å². The molecule has 4 rings (SSSR count). The van der Waals surface area contributed by atoms with Crippen molar-refractivity contribution in [2.24, 2.45) is 0 Å². The van der Waals surface area contributed by atoms with Crippen LogP contribution in [0.25, 0.3) is 22.9 Å². The van der Waals surface area contributed by atoms with Gasteiger partial charge < -0.3 is 9.47 Å². The molecule has 1 amide bonds. The van der Waals surface area contributed by atoms with Crippen molar-refractivity contribution in [2.45, 2.75) is 20.8 Å². The van der Waals surface area contributed by atoms with Gasteiger partial charge in [-0.15, -0.1) is 11.3 Å². The Morgan fingerprint density at radius 2 is 1.77 bits per heavy atom. The van der Waals surface area contributed by atoms with Crippen molar-refractivity contribution < 1.29 is 14.3 Å². The highest BCUT2D eigenvalue weighted by Crippen LogP contribution is 2.33. The van der Waals surface area contributed by atoms with Crippen LogP contribution in [-0.4, -0.2) is 24.6 Å². The van der Waals surface area contributed by atoms with Gasteiger partial charge in [0, 0.05) is 16.0 Å². The van der Waals surface area contributed by atoms with Gasteiger partial charge in [-0.05, 0) is 73.9 Å². The Kier molecular flexibility index (Phi) is 7.63. The number of aromatic nitrogens is 1. The minimum absolute atomic E-state index is 0.212. The van der Waals surface area contributed by atoms with E-state index in [1.807, 2.05) is 99.6 Å². The summed E-state index contributed by atoms with van der Waals surface area (Å²) in [6.45, 7) is 6.58. The van der Waals surface area contributed by atoms with E-state index in [0.717, 1.165) is 44.3 Å². The number of nitrogens with one attached hydrogen (secondary N) is 1. The minimum atomic E-state index is -0.212. The Morgan fingerprint density at radius 1 is 1.03 bits per heavy atom. The number of amides is 1. The molecule has 0 aliphatic heterocycles. The lowest BCUT2D eigenvalue weighted by atomic mass is 10.0. The van der Waals surface area contributed by atoms with Crippen molar-refractivity contribution in [1.29, 1.82) is 0 Å². The van der Waals surface area contributed by atoms with E-state index in [1.54, 1.807) is 7.11 Å². The van der Waals surface area contributed by atoms with E-state index in [4.69, 9.17) is 14.5 Å². The molecule has 1 aromatic heterocycles. The molecule has 0 fully saturated rings. The summed E-state index contributed by atoms with van der Waals surface area (Å²) in [6, 6.07) is 23.3. The number of carbonyl (C=O) groups excluding carboxylic acids is 1. The molecule has 0 aliphatic rings. The molecule has 0 spiro atoms. The first kappa shape index (κ1) is 24.2. The molecule has 35 heavy (non-hydrogen) atoms. The Hall–Kier alpha value is -3.90. The number of aryl methyl sites for hydroxylation is 2. The summed E-state index contributed by atoms with van der Waals surface area (Å²) in [7, 11) is 1.66. The van der Waals surface area contributed by atoms with Crippen LogP contribution in [0.2, 0.25) is 0 Å². The smallest absolute Gasteiger partial charge is 0.258 e. The quantitative estimate of drug-likeness (QED) is 0.216. The fraction of sp³-hybridized carbons (Fsp3) is 0.172. The first-order chi connectivity index (χ1) is 17.0. The molecule has 6 heteroatoms. The normalized spacial score (nSPS) is 11.3. The number of rotatable bonds is 8. The van der Waals surface area contributed by atoms with Gasteiger partial charge in [0.15, 0.2) is 5.13 Å². The summed E-state index contributed by atoms with van der Waals surface area (Å²) in [4.78, 5) is 19.2. The summed E-state index contributed by atoms with van der Waals surface area (Å²) in [5, 5.41) is 3.57. The molecule has 0 atom stereocenters. The van der Waals surface area contributed by atoms with Crippen LogP contribution in [-0.2, 0) is 4.79 Å². The highest BCUT2D eigenvalue weighted by atomic mass is 32.1. The average Bonchev–Trinajstić information content (AvgIpc) is 3.23. The van der Waals surface area contributed by atoms with E-state index in [9.17, 15) is 4.79 Å². The van der Waals surface area contributed by atoms with E-state index in [-0.39, 0.29) is 5.91 Å². The summed E-state index contributed by atoms with van der Waals surface area (Å²) in [6.07, 6.45) is 1.88. The number of nitrogens with zero attached hydrogens (tertiary/aromatic N) is 1. The van der Waals surface area contributed by atoms with Crippen LogP contribution in [0.3, 0.4) is 0 Å². The van der Waals surface area contributed by atoms with Crippen molar-refractivity contribution in [2.75, 3.05) is 19.0 Å². The number of methoxy groups -OCH3 is 1. The van der Waals surface area contributed by atoms with Gasteiger partial charge in [-0.2, -0.15) is 0 Å². The minimum Gasteiger partial charge on any atom is -0.496 e. The van der Waals surface area contributed by atoms with E-state index < -0.39 is 0 Å². The summed E-state index contributed by atoms with van der Waals surface area (Å²) < 4.78 is 10.9. The third kappa shape index (κ3) is 5.78. The van der Waals surface area contributed by atoms with Gasteiger partial charge in [0.25, 0.3) is 5.91 Å². The molecular weight excluding hydrogens is 456 g/mol. The monoisotopic (exact) mass is 484 g/mol. The van der Waals surface area contributed by atoms with Crippen LogP contribution in [0.15, 0.2) is 72.8 Å². The lowest BCUT2D eigenvalue weighted by Crippen LogP contribution is -2.13. The number of anilines is 1. The second-order valence-electron chi connectivity index (χ2n) is 7.99. The van der Waals surface area contributed by atoms with Gasteiger partial charge in [0.2, 0.25) is 0 Å². The van der Waals surface area contributed by atoms with Crippen LogP contribution >= 0.6 is 11.3 Å². The van der Waals surface area contributed by atoms with Crippen molar-refractivity contribution in [1.82, 2.24) is 4.98 Å². The lowest BCUT2D eigenvalue weighted by molar-refractivity contribution is -0.111. The molecule has 5 nitrogen and oxygen atoms in total. The standard InChI is InChI=1S/C29H28N2O3S/c1-5-34-24-14-11-21(12-15-24)18-25(22-9-7-6-8-10-22)28(32)31-29-30-27(20(3)35-29)23-13-16-26(33-4)19(2)17-23/h6-18H,5H2,1-4H3,(H,30,31,32)/b25-18+. The lowest BCUT2D eigenvalue weighted by Gasteiger charge is -2.09. The van der Waals surface area contributed by atoms with Gasteiger partial charge >= 0.3 is 0 Å². The maximum Gasteiger partial charge on any atom is 0.258 e. The van der Waals surface area contributed by atoms with Gasteiger partial charge in [-0.1, -0.05) is 42.5 Å². The first-order valence-electron chi connectivity index (χ1n) is 11.4. The van der Waals surface area contributed by atoms with Gasteiger partial charge in [0.1, 0.15) is 11.5 Å². The zero-order valence-corrected chi connectivity index (χ0v) is 21.1. The van der Waals surface area contributed by atoms with Gasteiger partial charge in [-0.25, -0.2) is 4.98 Å². The molecule has 1 heterocycles. The third-order valence-electron chi connectivity index (χ3n) is 5.52. The Bertz CT molecular complexity index is 1340. The molecule has 0 unspecified atom stereocenters. The van der Waals surface area contributed by atoms with E-state index in [0.29, 0.717) is 17.3 Å². The number of carbonyl (C=O) groups is 1. The van der Waals surface area contributed by atoms with Crippen LogP contribution in [0.4, 0.5) is 5.13 Å². The number of ether oxygens (including phenoxy) is 2. The fourth-order valence-corrected chi connectivity index (χ4v) is 4.63. The topological polar surface area (TPSA) is 60.5 Å². The zero-order chi connectivity index (χ0) is 24.8. The first-order valence-corrected chi connectivity index (χ1v) is 12.2. The largest absolute Gasteiger partial charge is 0.496 e. The summed E-state index contributed by atoms with van der Waals surface area (Å²) >= 11 is 1.46. The summed E-state index contributed by atoms with van der Waals surface area (Å²) in [5.41, 5.74) is 5.18. The van der Waals surface area contributed by atoms with Gasteiger partial charge in [-0.3, -0.25) is 10.1 Å². The highest BCUT2D eigenvalue weighted by molar-refractivity contribution is 7.16. The van der Waals surface area contributed by atoms with E-state index >= 15 is 0 Å². The Labute approximate surface area is 210 Å². The second-order valence-corrected chi connectivity index (χ2v) is 9.19. The molecule has 3 aromatic carbocycles. The fourth-order valence-electron chi connectivity index (χ4n) is 3.80. The maximum atomic E-state index is 13.4. The Morgan fingerprint density at radius 3 is 2.43 bits per heavy atom. The zero-order valence-electron chi connectivity index (χ0n) is 20.3. The van der Waals surface area contributed by atoms with E-state index in [2.05, 4.69) is 5.32 Å². The predicted molar refractivity (Wildman–Crippen MR) is 144 cm³/mol. The maximum absolute atomic E-state index is 13.4. The van der Waals surface area contributed by atoms with E-state index in [1.165, 1.54) is 11.3 Å². The summed E-state index contributed by atoms with van der Waals surface area (Å²) in [5.74, 6) is 1.42. The average molecular weight is 485 g/mol. The Balaban J connectivity index is 1.62. The highest BCUT2D eigenvalue weighted by Gasteiger charge is 2.17.